The normalized spacial score (nSPS) is 14.8. The van der Waals surface area contributed by atoms with E-state index in [-0.39, 0.29) is 25.5 Å². The summed E-state index contributed by atoms with van der Waals surface area (Å²) in [5, 5.41) is 13.9. The predicted octanol–water partition coefficient (Wildman–Crippen LogP) is 14.0. The molecule has 0 heterocycles. The molecule has 0 fully saturated rings. The van der Waals surface area contributed by atoms with Crippen LogP contribution >= 0.6 is 7.82 Å². The molecule has 348 valence electrons. The first-order valence-corrected chi connectivity index (χ1v) is 25.8. The van der Waals surface area contributed by atoms with Gasteiger partial charge in [-0.25, -0.2) is 4.57 Å². The number of unbranched alkanes of at least 4 members (excludes halogenated alkanes) is 18. The standard InChI is InChI=1S/C51H93N2O6P/c1-6-8-10-12-14-16-18-20-22-24-26-28-30-32-34-36-38-40-42-44-50(54)49(48-59-60(56,57)58-47-46-53(3,4)5)52-51(55)45-43-41-39-37-35-33-31-29-27-25-23-21-19-17-15-13-11-9-7-2/h9,11,15,17,21,23,27,29,33,35,39,41,49-50,54H,6-8,10,12-14,16,18-20,22,24-26,28,30-32,34,36-38,40,42-48H2,1-5H3,(H-,52,55,56,57)/p+1/b11-9-,17-15-,23-21-,29-27-,35-33-,41-39-. The molecule has 9 heteroatoms. The van der Waals surface area contributed by atoms with Gasteiger partial charge in [-0.2, -0.15) is 0 Å². The number of carbonyl (C=O) groups excluding carboxylic acids is 1. The molecule has 0 radical (unpaired) electrons. The van der Waals surface area contributed by atoms with E-state index in [9.17, 15) is 19.4 Å². The van der Waals surface area contributed by atoms with Crippen LogP contribution in [0.25, 0.3) is 0 Å². The van der Waals surface area contributed by atoms with Crippen LogP contribution in [-0.2, 0) is 18.4 Å². The highest BCUT2D eigenvalue weighted by molar-refractivity contribution is 7.47. The average molecular weight is 862 g/mol. The molecule has 0 saturated carbocycles. The third kappa shape index (κ3) is 44.0. The number of phosphoric acid groups is 1. The Hall–Kier alpha value is -2.06. The van der Waals surface area contributed by atoms with Crippen molar-refractivity contribution >= 4 is 13.7 Å². The van der Waals surface area contributed by atoms with Crippen LogP contribution in [-0.4, -0.2) is 73.4 Å². The second-order valence-corrected chi connectivity index (χ2v) is 18.9. The number of amides is 1. The van der Waals surface area contributed by atoms with Crippen molar-refractivity contribution in [3.05, 3.63) is 72.9 Å². The van der Waals surface area contributed by atoms with Crippen LogP contribution in [0.4, 0.5) is 0 Å². The van der Waals surface area contributed by atoms with Crippen LogP contribution in [0.3, 0.4) is 0 Å². The Kier molecular flexibility index (Phi) is 40.8. The molecule has 3 N–H and O–H groups in total. The van der Waals surface area contributed by atoms with Gasteiger partial charge < -0.3 is 19.8 Å². The minimum Gasteiger partial charge on any atom is -0.391 e. The Morgan fingerprint density at radius 1 is 0.583 bits per heavy atom. The number of quaternary nitrogens is 1. The number of aliphatic hydroxyl groups is 1. The van der Waals surface area contributed by atoms with Crippen LogP contribution < -0.4 is 5.32 Å². The largest absolute Gasteiger partial charge is 0.472 e. The van der Waals surface area contributed by atoms with Crippen LogP contribution in [0.5, 0.6) is 0 Å². The van der Waals surface area contributed by atoms with Gasteiger partial charge >= 0.3 is 7.82 Å². The Labute approximate surface area is 370 Å². The number of hydrogen-bond acceptors (Lipinski definition) is 5. The SMILES string of the molecule is CC/C=C\C/C=C\C/C=C\C/C=C\C/C=C\C/C=C\CCC(=O)NC(COP(=O)(O)OCC[N+](C)(C)C)C(O)CCCCCCCCCCCCCCCCCCCCC. The fourth-order valence-corrected chi connectivity index (χ4v) is 7.39. The van der Waals surface area contributed by atoms with Gasteiger partial charge in [0, 0.05) is 6.42 Å². The topological polar surface area (TPSA) is 105 Å². The highest BCUT2D eigenvalue weighted by Crippen LogP contribution is 2.43. The first-order valence-electron chi connectivity index (χ1n) is 24.3. The summed E-state index contributed by atoms with van der Waals surface area (Å²) >= 11 is 0. The van der Waals surface area contributed by atoms with Crippen molar-refractivity contribution in [3.63, 3.8) is 0 Å². The average Bonchev–Trinajstić information content (AvgIpc) is 3.20. The smallest absolute Gasteiger partial charge is 0.391 e. The lowest BCUT2D eigenvalue weighted by molar-refractivity contribution is -0.870. The van der Waals surface area contributed by atoms with Crippen LogP contribution in [0, 0.1) is 0 Å². The lowest BCUT2D eigenvalue weighted by Gasteiger charge is -2.26. The number of nitrogens with zero attached hydrogens (tertiary/aromatic N) is 1. The Balaban J connectivity index is 4.44. The summed E-state index contributed by atoms with van der Waals surface area (Å²) in [5.74, 6) is -0.228. The molecule has 0 aliphatic rings. The molecule has 8 nitrogen and oxygen atoms in total. The quantitative estimate of drug-likeness (QED) is 0.0244. The Morgan fingerprint density at radius 2 is 0.967 bits per heavy atom. The van der Waals surface area contributed by atoms with E-state index in [1.54, 1.807) is 0 Å². The van der Waals surface area contributed by atoms with Crippen molar-refractivity contribution in [1.82, 2.24) is 5.32 Å². The maximum absolute atomic E-state index is 12.9. The van der Waals surface area contributed by atoms with Gasteiger partial charge in [-0.05, 0) is 51.4 Å². The first-order chi connectivity index (χ1) is 29.0. The zero-order valence-electron chi connectivity index (χ0n) is 39.4. The molecule has 0 aliphatic carbocycles. The number of carbonyl (C=O) groups is 1. The monoisotopic (exact) mass is 862 g/mol. The summed E-state index contributed by atoms with van der Waals surface area (Å²) in [7, 11) is 1.56. The number of nitrogens with one attached hydrogen (secondary N) is 1. The number of likely N-dealkylation sites (N-methyl/N-ethyl adjacent to an activating group) is 1. The van der Waals surface area contributed by atoms with Gasteiger partial charge in [0.2, 0.25) is 5.91 Å². The summed E-state index contributed by atoms with van der Waals surface area (Å²) < 4.78 is 23.6. The second kappa shape index (κ2) is 42.3. The molecule has 0 aromatic heterocycles. The minimum atomic E-state index is -4.34. The van der Waals surface area contributed by atoms with Crippen molar-refractivity contribution in [2.24, 2.45) is 0 Å². The molecule has 3 atom stereocenters. The van der Waals surface area contributed by atoms with E-state index in [0.29, 0.717) is 23.9 Å². The van der Waals surface area contributed by atoms with E-state index in [2.05, 4.69) is 79.9 Å². The fraction of sp³-hybridized carbons (Fsp3) is 0.745. The Bertz CT molecular complexity index is 1200. The molecule has 0 rings (SSSR count). The molecule has 0 aromatic carbocycles. The van der Waals surface area contributed by atoms with E-state index in [1.165, 1.54) is 103 Å². The maximum Gasteiger partial charge on any atom is 0.472 e. The highest BCUT2D eigenvalue weighted by atomic mass is 31.2. The van der Waals surface area contributed by atoms with Gasteiger partial charge in [-0.1, -0.05) is 209 Å². The number of hydrogen-bond donors (Lipinski definition) is 3. The highest BCUT2D eigenvalue weighted by Gasteiger charge is 2.28. The summed E-state index contributed by atoms with van der Waals surface area (Å²) in [6.45, 7) is 4.71. The zero-order chi connectivity index (χ0) is 44.3. The second-order valence-electron chi connectivity index (χ2n) is 17.5. The van der Waals surface area contributed by atoms with Gasteiger partial charge in [-0.3, -0.25) is 13.8 Å². The summed E-state index contributed by atoms with van der Waals surface area (Å²) in [6.07, 6.45) is 56.6. The van der Waals surface area contributed by atoms with E-state index in [0.717, 1.165) is 57.8 Å². The molecule has 0 aromatic rings. The zero-order valence-corrected chi connectivity index (χ0v) is 40.3. The molecule has 0 aliphatic heterocycles. The minimum absolute atomic E-state index is 0.0577. The lowest BCUT2D eigenvalue weighted by Crippen LogP contribution is -2.46. The van der Waals surface area contributed by atoms with E-state index < -0.39 is 20.0 Å². The lowest BCUT2D eigenvalue weighted by atomic mass is 10.0. The van der Waals surface area contributed by atoms with E-state index in [1.807, 2.05) is 33.3 Å². The Morgan fingerprint density at radius 3 is 1.37 bits per heavy atom. The van der Waals surface area contributed by atoms with Gasteiger partial charge in [0.15, 0.2) is 0 Å². The van der Waals surface area contributed by atoms with Gasteiger partial charge in [-0.15, -0.1) is 0 Å². The summed E-state index contributed by atoms with van der Waals surface area (Å²) in [5.41, 5.74) is 0. The molecule has 0 saturated heterocycles. The number of rotatable bonds is 43. The van der Waals surface area contributed by atoms with Crippen LogP contribution in [0.2, 0.25) is 0 Å². The molecular weight excluding hydrogens is 768 g/mol. The first kappa shape index (κ1) is 57.9. The maximum atomic E-state index is 12.9. The third-order valence-electron chi connectivity index (χ3n) is 10.5. The van der Waals surface area contributed by atoms with E-state index in [4.69, 9.17) is 9.05 Å². The molecule has 0 bridgehead atoms. The predicted molar refractivity (Wildman–Crippen MR) is 258 cm³/mol. The third-order valence-corrected chi connectivity index (χ3v) is 11.5. The van der Waals surface area contributed by atoms with Crippen molar-refractivity contribution in [3.8, 4) is 0 Å². The number of phosphoric ester groups is 1. The van der Waals surface area contributed by atoms with Gasteiger partial charge in [0.1, 0.15) is 13.2 Å². The van der Waals surface area contributed by atoms with Gasteiger partial charge in [0.25, 0.3) is 0 Å². The summed E-state index contributed by atoms with van der Waals surface area (Å²) in [4.78, 5) is 23.2. The van der Waals surface area contributed by atoms with Crippen molar-refractivity contribution in [1.29, 1.82) is 0 Å². The van der Waals surface area contributed by atoms with Crippen LogP contribution in [0.15, 0.2) is 72.9 Å². The molecule has 3 unspecified atom stereocenters. The van der Waals surface area contributed by atoms with Crippen molar-refractivity contribution in [2.75, 3.05) is 40.9 Å². The van der Waals surface area contributed by atoms with E-state index >= 15 is 0 Å². The summed E-state index contributed by atoms with van der Waals surface area (Å²) in [6, 6.07) is -0.805. The molecular formula is C51H94N2O6P+. The molecule has 1 amide bonds. The van der Waals surface area contributed by atoms with Crippen molar-refractivity contribution < 1.29 is 32.9 Å². The molecule has 0 spiro atoms. The van der Waals surface area contributed by atoms with Gasteiger partial charge in [0.05, 0.1) is 39.9 Å². The van der Waals surface area contributed by atoms with Crippen molar-refractivity contribution in [2.45, 2.75) is 206 Å². The molecule has 60 heavy (non-hydrogen) atoms. The number of allylic oxidation sites excluding steroid dienone is 12. The van der Waals surface area contributed by atoms with Crippen LogP contribution in [0.1, 0.15) is 194 Å². The fourth-order valence-electron chi connectivity index (χ4n) is 6.66. The number of aliphatic hydroxyl groups excluding tert-OH is 1.